The van der Waals surface area contributed by atoms with Crippen molar-refractivity contribution in [3.63, 3.8) is 0 Å². The van der Waals surface area contributed by atoms with Gasteiger partial charge in [-0.15, -0.1) is 0 Å². The molecule has 0 aliphatic carbocycles. The summed E-state index contributed by atoms with van der Waals surface area (Å²) in [5, 5.41) is 11.7. The van der Waals surface area contributed by atoms with Gasteiger partial charge in [-0.2, -0.15) is 0 Å². The summed E-state index contributed by atoms with van der Waals surface area (Å²) in [6.45, 7) is 22.0. The second-order valence-corrected chi connectivity index (χ2v) is 16.1. The monoisotopic (exact) mass is 699 g/mol. The molecule has 10 nitrogen and oxygen atoms in total. The summed E-state index contributed by atoms with van der Waals surface area (Å²) >= 11 is 0. The number of fused-ring (bicyclic) bond motifs is 2. The molecule has 2 bridgehead atoms. The lowest BCUT2D eigenvalue weighted by atomic mass is 9.79. The molecule has 284 valence electrons. The van der Waals surface area contributed by atoms with Crippen LogP contribution in [0.25, 0.3) is 0 Å². The van der Waals surface area contributed by atoms with Gasteiger partial charge >= 0.3 is 5.97 Å². The fraction of sp³-hybridized carbons (Fsp3) is 0.921. The van der Waals surface area contributed by atoms with Crippen molar-refractivity contribution in [2.45, 2.75) is 181 Å². The van der Waals surface area contributed by atoms with Gasteiger partial charge in [0, 0.05) is 44.2 Å². The first-order chi connectivity index (χ1) is 22.9. The van der Waals surface area contributed by atoms with Crippen LogP contribution in [0.3, 0.4) is 0 Å². The van der Waals surface area contributed by atoms with E-state index in [1.54, 1.807) is 14.0 Å². The fourth-order valence-corrected chi connectivity index (χ4v) is 9.02. The van der Waals surface area contributed by atoms with E-state index in [1.807, 2.05) is 69.4 Å². The number of likely N-dealkylation sites (N-methyl/N-ethyl adjacent to an activating group) is 1. The molecule has 4 aliphatic rings. The quantitative estimate of drug-likeness (QED) is 0.281. The summed E-state index contributed by atoms with van der Waals surface area (Å²) in [6, 6.07) is -0.179. The minimum atomic E-state index is -1.25. The SMILES string of the molecule is CC[C@H]1OC(=O)[C@H](C)[C@@H](O[C@H]2C[C@@](C)(OC)C[C@H](C)O2)[C@H](C)[C@@H](O[C@@H]2O[C@H](C)C[C@H](N(C)CC)[C@H]2O)[C@]2(C)CC(C)=C(O2)[C@@H]([C@H](C)F)[C@H]1C. The molecule has 0 spiro atoms. The highest BCUT2D eigenvalue weighted by atomic mass is 19.1. The highest BCUT2D eigenvalue weighted by Gasteiger charge is 2.55. The van der Waals surface area contributed by atoms with E-state index < -0.39 is 78.1 Å². The number of halogens is 1. The van der Waals surface area contributed by atoms with Crippen LogP contribution in [-0.4, -0.2) is 109 Å². The van der Waals surface area contributed by atoms with E-state index in [2.05, 4.69) is 11.8 Å². The van der Waals surface area contributed by atoms with Crippen molar-refractivity contribution in [2.24, 2.45) is 23.7 Å². The molecule has 16 atom stereocenters. The standard InChI is InChI=1S/C38H66FNO9/c1-14-28-23(6)30(26(9)39)32-20(3)17-38(11,49-32)34(48-36-31(41)27(40(12)15-2)16-21(4)45-36)24(7)33(25(8)35(42)46-28)47-29-19-37(10,43-13)18-22(5)44-29/h21-31,33-34,36,41H,14-19H2,1-13H3/t21-,22+,23+,24+,25-,26+,27+,28-,29+,30-,31-,33+,34-,36+,37+,38+/m1/s1. The van der Waals surface area contributed by atoms with Crippen molar-refractivity contribution < 1.29 is 47.4 Å². The molecule has 3 fully saturated rings. The molecule has 3 saturated heterocycles. The molecule has 0 aromatic rings. The highest BCUT2D eigenvalue weighted by molar-refractivity contribution is 5.73. The number of aliphatic hydroxyl groups excluding tert-OH is 1. The van der Waals surface area contributed by atoms with E-state index in [4.69, 9.17) is 33.2 Å². The van der Waals surface area contributed by atoms with Crippen LogP contribution in [0, 0.1) is 23.7 Å². The molecule has 4 heterocycles. The maximum absolute atomic E-state index is 15.7. The van der Waals surface area contributed by atoms with Crippen molar-refractivity contribution in [1.29, 1.82) is 0 Å². The maximum Gasteiger partial charge on any atom is 0.311 e. The van der Waals surface area contributed by atoms with Gasteiger partial charge in [0.05, 0.1) is 35.7 Å². The number of methoxy groups -OCH3 is 1. The summed E-state index contributed by atoms with van der Waals surface area (Å²) in [6.07, 6.45) is -3.32. The van der Waals surface area contributed by atoms with E-state index in [9.17, 15) is 9.90 Å². The van der Waals surface area contributed by atoms with Crippen LogP contribution < -0.4 is 0 Å². The van der Waals surface area contributed by atoms with E-state index in [-0.39, 0.29) is 24.2 Å². The molecule has 4 rings (SSSR count). The van der Waals surface area contributed by atoms with Gasteiger partial charge in [0.25, 0.3) is 0 Å². The average Bonchev–Trinajstić information content (AvgIpc) is 3.33. The van der Waals surface area contributed by atoms with Crippen molar-refractivity contribution in [3.05, 3.63) is 11.3 Å². The number of rotatable bonds is 9. The van der Waals surface area contributed by atoms with Crippen LogP contribution in [0.5, 0.6) is 0 Å². The molecule has 0 saturated carbocycles. The van der Waals surface area contributed by atoms with Crippen molar-refractivity contribution in [2.75, 3.05) is 20.7 Å². The Kier molecular flexibility index (Phi) is 13.3. The van der Waals surface area contributed by atoms with Crippen LogP contribution >= 0.6 is 0 Å². The Balaban J connectivity index is 1.81. The Morgan fingerprint density at radius 3 is 2.31 bits per heavy atom. The first kappa shape index (κ1) is 40.4. The van der Waals surface area contributed by atoms with Crippen LogP contribution in [0.2, 0.25) is 0 Å². The van der Waals surface area contributed by atoms with Gasteiger partial charge in [0.2, 0.25) is 0 Å². The third-order valence-electron chi connectivity index (χ3n) is 11.9. The predicted molar refractivity (Wildman–Crippen MR) is 184 cm³/mol. The van der Waals surface area contributed by atoms with Gasteiger partial charge in [-0.1, -0.05) is 27.7 Å². The first-order valence-electron chi connectivity index (χ1n) is 18.7. The second kappa shape index (κ2) is 16.1. The molecule has 0 unspecified atom stereocenters. The zero-order valence-electron chi connectivity index (χ0n) is 32.4. The summed E-state index contributed by atoms with van der Waals surface area (Å²) in [7, 11) is 3.68. The maximum atomic E-state index is 15.7. The van der Waals surface area contributed by atoms with Crippen molar-refractivity contribution >= 4 is 5.97 Å². The lowest BCUT2D eigenvalue weighted by Crippen LogP contribution is -2.60. The number of carbonyl (C=O) groups excluding carboxylic acids is 1. The third-order valence-corrected chi connectivity index (χ3v) is 11.9. The number of alkyl halides is 1. The molecule has 11 heteroatoms. The van der Waals surface area contributed by atoms with E-state index in [1.165, 1.54) is 0 Å². The number of hydrogen-bond donors (Lipinski definition) is 1. The number of allylic oxidation sites excluding steroid dienone is 1. The predicted octanol–water partition coefficient (Wildman–Crippen LogP) is 6.17. The first-order valence-corrected chi connectivity index (χ1v) is 18.7. The third kappa shape index (κ3) is 8.66. The molecule has 0 aromatic carbocycles. The molecule has 0 aromatic heterocycles. The Hall–Kier alpha value is -1.34. The second-order valence-electron chi connectivity index (χ2n) is 16.1. The number of carbonyl (C=O) groups is 1. The van der Waals surface area contributed by atoms with Crippen molar-refractivity contribution in [3.8, 4) is 0 Å². The molecule has 0 amide bonds. The molecule has 49 heavy (non-hydrogen) atoms. The molecule has 4 aliphatic heterocycles. The summed E-state index contributed by atoms with van der Waals surface area (Å²) in [4.78, 5) is 16.2. The number of esters is 1. The topological polar surface area (TPSA) is 105 Å². The minimum absolute atomic E-state index is 0.130. The smallest absolute Gasteiger partial charge is 0.311 e. The number of ether oxygens (including phenoxy) is 7. The number of cyclic esters (lactones) is 1. The lowest BCUT2D eigenvalue weighted by molar-refractivity contribution is -0.309. The number of nitrogens with zero attached hydrogens (tertiary/aromatic N) is 1. The summed E-state index contributed by atoms with van der Waals surface area (Å²) in [5.74, 6) is -2.07. The van der Waals surface area contributed by atoms with Gasteiger partial charge in [0.1, 0.15) is 35.8 Å². The Labute approximate surface area is 294 Å². The summed E-state index contributed by atoms with van der Waals surface area (Å²) < 4.78 is 61.1. The van der Waals surface area contributed by atoms with Crippen molar-refractivity contribution in [1.82, 2.24) is 4.90 Å². The van der Waals surface area contributed by atoms with Gasteiger partial charge in [-0.3, -0.25) is 4.79 Å². The lowest BCUT2D eigenvalue weighted by Gasteiger charge is -2.48. The Morgan fingerprint density at radius 2 is 1.71 bits per heavy atom. The molecular weight excluding hydrogens is 633 g/mol. The Bertz CT molecular complexity index is 1150. The van der Waals surface area contributed by atoms with Gasteiger partial charge in [0.15, 0.2) is 12.6 Å². The molecule has 1 N–H and O–H groups in total. The van der Waals surface area contributed by atoms with Gasteiger partial charge < -0.3 is 43.2 Å². The van der Waals surface area contributed by atoms with Crippen LogP contribution in [0.15, 0.2) is 11.3 Å². The average molecular weight is 700 g/mol. The van der Waals surface area contributed by atoms with Gasteiger partial charge in [-0.05, 0) is 80.5 Å². The van der Waals surface area contributed by atoms with E-state index in [0.29, 0.717) is 37.9 Å². The zero-order valence-corrected chi connectivity index (χ0v) is 32.4. The van der Waals surface area contributed by atoms with Crippen LogP contribution in [0.4, 0.5) is 4.39 Å². The molecular formula is C38H66FNO9. The number of aliphatic hydroxyl groups is 1. The highest BCUT2D eigenvalue weighted by Crippen LogP contribution is 2.48. The minimum Gasteiger partial charge on any atom is -0.488 e. The summed E-state index contributed by atoms with van der Waals surface area (Å²) in [5.41, 5.74) is -0.530. The van der Waals surface area contributed by atoms with E-state index >= 15 is 4.39 Å². The van der Waals surface area contributed by atoms with Gasteiger partial charge in [-0.25, -0.2) is 4.39 Å². The fourth-order valence-electron chi connectivity index (χ4n) is 9.02. The normalized spacial score (nSPS) is 46.1. The van der Waals surface area contributed by atoms with E-state index in [0.717, 1.165) is 12.1 Å². The van der Waals surface area contributed by atoms with Crippen LogP contribution in [-0.2, 0) is 38.0 Å². The Morgan fingerprint density at radius 1 is 1.04 bits per heavy atom. The molecule has 0 radical (unpaired) electrons. The number of hydrogen-bond acceptors (Lipinski definition) is 10. The zero-order chi connectivity index (χ0) is 36.6. The largest absolute Gasteiger partial charge is 0.488 e. The van der Waals surface area contributed by atoms with Crippen LogP contribution in [0.1, 0.15) is 108 Å².